The summed E-state index contributed by atoms with van der Waals surface area (Å²) in [6, 6.07) is 3.16. The molecule has 0 radical (unpaired) electrons. The number of rotatable bonds is 8. The number of carbonyl (C=O) groups is 1. The highest BCUT2D eigenvalue weighted by Gasteiger charge is 2.07. The van der Waals surface area contributed by atoms with E-state index in [0.717, 1.165) is 25.1 Å². The van der Waals surface area contributed by atoms with Crippen molar-refractivity contribution < 1.29 is 14.6 Å². The maximum absolute atomic E-state index is 11.0. The number of carboxylic acid groups (broad SMARTS) is 1. The molecule has 0 spiro atoms. The maximum atomic E-state index is 11.0. The smallest absolute Gasteiger partial charge is 0.335 e. The number of hydrogen-bond donors (Lipinski definition) is 2. The Morgan fingerprint density at radius 2 is 2.22 bits per heavy atom. The Morgan fingerprint density at radius 3 is 2.83 bits per heavy atom. The van der Waals surface area contributed by atoms with E-state index in [2.05, 4.69) is 10.3 Å². The highest BCUT2D eigenvalue weighted by Crippen LogP contribution is 2.11. The predicted molar refractivity (Wildman–Crippen MR) is 70.2 cm³/mol. The van der Waals surface area contributed by atoms with Crippen LogP contribution in [0.1, 0.15) is 36.3 Å². The maximum Gasteiger partial charge on any atom is 0.335 e. The fourth-order valence-electron chi connectivity index (χ4n) is 1.52. The molecule has 0 unspecified atom stereocenters. The number of anilines is 1. The Balaban J connectivity index is 2.58. The Labute approximate surface area is 107 Å². The molecular weight excluding hydrogens is 232 g/mol. The predicted octanol–water partition coefficient (Wildman–Crippen LogP) is 2.18. The zero-order chi connectivity index (χ0) is 13.4. The van der Waals surface area contributed by atoms with E-state index >= 15 is 0 Å². The average molecular weight is 252 g/mol. The van der Waals surface area contributed by atoms with E-state index in [9.17, 15) is 4.79 Å². The van der Waals surface area contributed by atoms with E-state index in [1.54, 1.807) is 12.1 Å². The zero-order valence-electron chi connectivity index (χ0n) is 10.9. The van der Waals surface area contributed by atoms with Gasteiger partial charge in [0.15, 0.2) is 0 Å². The van der Waals surface area contributed by atoms with E-state index in [0.29, 0.717) is 19.0 Å². The van der Waals surface area contributed by atoms with Gasteiger partial charge in [-0.25, -0.2) is 9.78 Å². The number of hydrogen-bond acceptors (Lipinski definition) is 4. The van der Waals surface area contributed by atoms with Gasteiger partial charge in [0.25, 0.3) is 0 Å². The molecule has 0 amide bonds. The molecular formula is C13H20N2O3. The van der Waals surface area contributed by atoms with E-state index in [-0.39, 0.29) is 5.56 Å². The molecule has 100 valence electrons. The summed E-state index contributed by atoms with van der Waals surface area (Å²) in [7, 11) is 0. The second-order valence-corrected chi connectivity index (χ2v) is 3.87. The molecule has 0 saturated carbocycles. The molecule has 0 saturated heterocycles. The number of ether oxygens (including phenoxy) is 1. The third-order valence-electron chi connectivity index (χ3n) is 2.46. The quantitative estimate of drug-likeness (QED) is 0.694. The molecule has 0 aliphatic carbocycles. The minimum atomic E-state index is -0.926. The molecule has 0 aliphatic heterocycles. The molecule has 0 atom stereocenters. The molecule has 5 heteroatoms. The molecule has 1 aromatic heterocycles. The monoisotopic (exact) mass is 252 g/mol. The van der Waals surface area contributed by atoms with Gasteiger partial charge in [-0.1, -0.05) is 6.92 Å². The van der Waals surface area contributed by atoms with E-state index in [4.69, 9.17) is 9.84 Å². The molecule has 1 aromatic rings. The van der Waals surface area contributed by atoms with Crippen molar-refractivity contribution in [3.05, 3.63) is 23.4 Å². The van der Waals surface area contributed by atoms with Crippen molar-refractivity contribution in [1.29, 1.82) is 0 Å². The summed E-state index contributed by atoms with van der Waals surface area (Å²) >= 11 is 0. The Morgan fingerprint density at radius 1 is 1.44 bits per heavy atom. The van der Waals surface area contributed by atoms with Gasteiger partial charge in [-0.2, -0.15) is 0 Å². The minimum Gasteiger partial charge on any atom is -0.478 e. The van der Waals surface area contributed by atoms with Gasteiger partial charge >= 0.3 is 5.97 Å². The van der Waals surface area contributed by atoms with Gasteiger partial charge in [0.1, 0.15) is 5.82 Å². The lowest BCUT2D eigenvalue weighted by Gasteiger charge is -2.08. The van der Waals surface area contributed by atoms with Crippen LogP contribution in [0.25, 0.3) is 0 Å². The fraction of sp³-hybridized carbons (Fsp3) is 0.538. The normalized spacial score (nSPS) is 10.3. The Hall–Kier alpha value is -1.62. The number of pyridine rings is 1. The van der Waals surface area contributed by atoms with Gasteiger partial charge < -0.3 is 15.2 Å². The molecule has 0 aromatic carbocycles. The number of aromatic carboxylic acids is 1. The van der Waals surface area contributed by atoms with Crippen molar-refractivity contribution in [2.75, 3.05) is 25.1 Å². The number of aryl methyl sites for hydroxylation is 1. The Bertz CT molecular complexity index is 394. The topological polar surface area (TPSA) is 71.5 Å². The molecule has 0 bridgehead atoms. The van der Waals surface area contributed by atoms with Gasteiger partial charge in [-0.15, -0.1) is 0 Å². The first-order valence-corrected chi connectivity index (χ1v) is 6.23. The summed E-state index contributed by atoms with van der Waals surface area (Å²) in [5.74, 6) is -0.312. The van der Waals surface area contributed by atoms with Gasteiger partial charge in [-0.3, -0.25) is 0 Å². The summed E-state index contributed by atoms with van der Waals surface area (Å²) in [5.41, 5.74) is 1.05. The third-order valence-corrected chi connectivity index (χ3v) is 2.46. The van der Waals surface area contributed by atoms with Crippen molar-refractivity contribution in [2.45, 2.75) is 26.7 Å². The van der Waals surface area contributed by atoms with Crippen LogP contribution < -0.4 is 5.32 Å². The lowest BCUT2D eigenvalue weighted by Crippen LogP contribution is -2.09. The molecule has 2 N–H and O–H groups in total. The van der Waals surface area contributed by atoms with Crippen LogP contribution in [0.3, 0.4) is 0 Å². The van der Waals surface area contributed by atoms with Crippen molar-refractivity contribution >= 4 is 11.8 Å². The highest BCUT2D eigenvalue weighted by molar-refractivity contribution is 5.88. The summed E-state index contributed by atoms with van der Waals surface area (Å²) in [6.45, 7) is 6.04. The van der Waals surface area contributed by atoms with Crippen LogP contribution >= 0.6 is 0 Å². The summed E-state index contributed by atoms with van der Waals surface area (Å²) in [5, 5.41) is 12.1. The van der Waals surface area contributed by atoms with Crippen LogP contribution in [0.4, 0.5) is 5.82 Å². The number of nitrogens with one attached hydrogen (secondary N) is 1. The second kappa shape index (κ2) is 7.66. The fourth-order valence-corrected chi connectivity index (χ4v) is 1.52. The van der Waals surface area contributed by atoms with Gasteiger partial charge in [-0.05, 0) is 31.9 Å². The summed E-state index contributed by atoms with van der Waals surface area (Å²) in [4.78, 5) is 15.3. The van der Waals surface area contributed by atoms with Crippen molar-refractivity contribution in [3.63, 3.8) is 0 Å². The molecule has 1 rings (SSSR count). The molecule has 18 heavy (non-hydrogen) atoms. The number of carboxylic acids is 1. The first-order chi connectivity index (χ1) is 8.67. The van der Waals surface area contributed by atoms with Crippen LogP contribution in [0.5, 0.6) is 0 Å². The van der Waals surface area contributed by atoms with Crippen LogP contribution in [0.15, 0.2) is 12.1 Å². The average Bonchev–Trinajstić information content (AvgIpc) is 2.38. The van der Waals surface area contributed by atoms with Crippen molar-refractivity contribution in [1.82, 2.24) is 4.98 Å². The summed E-state index contributed by atoms with van der Waals surface area (Å²) in [6.07, 6.45) is 1.59. The van der Waals surface area contributed by atoms with Crippen LogP contribution in [-0.4, -0.2) is 35.8 Å². The minimum absolute atomic E-state index is 0.272. The number of aromatic nitrogens is 1. The zero-order valence-corrected chi connectivity index (χ0v) is 10.9. The van der Waals surface area contributed by atoms with Crippen molar-refractivity contribution in [3.8, 4) is 0 Å². The second-order valence-electron chi connectivity index (χ2n) is 3.87. The lowest BCUT2D eigenvalue weighted by molar-refractivity contribution is 0.0696. The molecule has 1 heterocycles. The highest BCUT2D eigenvalue weighted by atomic mass is 16.5. The van der Waals surface area contributed by atoms with Gasteiger partial charge in [0, 0.05) is 25.5 Å². The van der Waals surface area contributed by atoms with E-state index in [1.165, 1.54) is 0 Å². The van der Waals surface area contributed by atoms with Gasteiger partial charge in [0.05, 0.1) is 5.56 Å². The van der Waals surface area contributed by atoms with Crippen LogP contribution in [0, 0.1) is 0 Å². The van der Waals surface area contributed by atoms with Gasteiger partial charge in [0.2, 0.25) is 0 Å². The number of nitrogens with zero attached hydrogens (tertiary/aromatic N) is 1. The van der Waals surface area contributed by atoms with E-state index < -0.39 is 5.97 Å². The van der Waals surface area contributed by atoms with E-state index in [1.807, 2.05) is 13.8 Å². The summed E-state index contributed by atoms with van der Waals surface area (Å²) < 4.78 is 5.22. The first kappa shape index (κ1) is 14.4. The molecule has 5 nitrogen and oxygen atoms in total. The molecule has 0 fully saturated rings. The molecule has 0 aliphatic rings. The standard InChI is InChI=1S/C13H20N2O3/c1-3-11-8-10(13(16)17)9-12(15-11)14-6-5-7-18-4-2/h8-9H,3-7H2,1-2H3,(H,14,15)(H,16,17). The Kier molecular flexibility index (Phi) is 6.14. The van der Waals surface area contributed by atoms with Crippen LogP contribution in [-0.2, 0) is 11.2 Å². The lowest BCUT2D eigenvalue weighted by atomic mass is 10.2. The largest absolute Gasteiger partial charge is 0.478 e. The van der Waals surface area contributed by atoms with Crippen LogP contribution in [0.2, 0.25) is 0 Å². The SMILES string of the molecule is CCOCCCNc1cc(C(=O)O)cc(CC)n1. The third kappa shape index (κ3) is 4.71. The van der Waals surface area contributed by atoms with Crippen molar-refractivity contribution in [2.24, 2.45) is 0 Å². The first-order valence-electron chi connectivity index (χ1n) is 6.23.